The molecule has 1 N–H and O–H groups in total. The van der Waals surface area contributed by atoms with Gasteiger partial charge in [0.1, 0.15) is 22.1 Å². The molecule has 1 atom stereocenters. The number of amides is 1. The summed E-state index contributed by atoms with van der Waals surface area (Å²) >= 11 is 0.944. The van der Waals surface area contributed by atoms with Crippen LogP contribution in [0.15, 0.2) is 54.1 Å². The van der Waals surface area contributed by atoms with Crippen LogP contribution in [0, 0.1) is 6.92 Å². The molecule has 1 saturated heterocycles. The first-order chi connectivity index (χ1) is 18.3. The molecule has 3 aromatic rings. The standard InChI is InChI=1S/C28H28N2O7S/c1-5-14-37-20-9-7-8-18(15-20)23(31)21-22(17-10-12-19(13-11-17)36-6-2)30(26(33)24(21)32)28-29-16(3)25(38-28)27(34)35-4/h7-13,15,22,31H,5-6,14H2,1-4H3/b23-21+. The molecule has 2 aromatic carbocycles. The number of aliphatic hydroxyl groups excluding tert-OH is 1. The molecule has 0 bridgehead atoms. The van der Waals surface area contributed by atoms with E-state index in [9.17, 15) is 19.5 Å². The smallest absolute Gasteiger partial charge is 0.350 e. The summed E-state index contributed by atoms with van der Waals surface area (Å²) < 4.78 is 16.1. The van der Waals surface area contributed by atoms with Crippen LogP contribution in [0.1, 0.15) is 52.8 Å². The van der Waals surface area contributed by atoms with Gasteiger partial charge < -0.3 is 19.3 Å². The molecule has 2 heterocycles. The van der Waals surface area contributed by atoms with Crippen molar-refractivity contribution in [1.29, 1.82) is 0 Å². The van der Waals surface area contributed by atoms with Gasteiger partial charge in [0.15, 0.2) is 5.13 Å². The van der Waals surface area contributed by atoms with E-state index in [-0.39, 0.29) is 21.3 Å². The molecule has 1 fully saturated rings. The van der Waals surface area contributed by atoms with Crippen molar-refractivity contribution in [1.82, 2.24) is 4.98 Å². The number of hydrogen-bond acceptors (Lipinski definition) is 9. The number of carbonyl (C=O) groups is 3. The number of nitrogens with zero attached hydrogens (tertiary/aromatic N) is 2. The molecule has 1 aliphatic heterocycles. The third-order valence-corrected chi connectivity index (χ3v) is 7.03. The van der Waals surface area contributed by atoms with Crippen LogP contribution in [0.2, 0.25) is 0 Å². The zero-order chi connectivity index (χ0) is 27.4. The second kappa shape index (κ2) is 11.5. The lowest BCUT2D eigenvalue weighted by Gasteiger charge is -2.23. The monoisotopic (exact) mass is 536 g/mol. The van der Waals surface area contributed by atoms with Crippen molar-refractivity contribution in [3.05, 3.63) is 75.8 Å². The third-order valence-electron chi connectivity index (χ3n) is 5.89. The average Bonchev–Trinajstić information content (AvgIpc) is 3.43. The van der Waals surface area contributed by atoms with Gasteiger partial charge >= 0.3 is 11.9 Å². The van der Waals surface area contributed by atoms with E-state index in [0.29, 0.717) is 41.5 Å². The van der Waals surface area contributed by atoms with Crippen LogP contribution in [-0.2, 0) is 14.3 Å². The number of carbonyl (C=O) groups excluding carboxylic acids is 3. The Bertz CT molecular complexity index is 1390. The number of rotatable bonds is 9. The van der Waals surface area contributed by atoms with Crippen LogP contribution in [0.25, 0.3) is 5.76 Å². The Morgan fingerprint density at radius 2 is 1.82 bits per heavy atom. The minimum absolute atomic E-state index is 0.0979. The van der Waals surface area contributed by atoms with E-state index in [0.717, 1.165) is 17.8 Å². The topological polar surface area (TPSA) is 115 Å². The number of anilines is 1. The van der Waals surface area contributed by atoms with Crippen molar-refractivity contribution in [2.75, 3.05) is 25.2 Å². The molecule has 0 radical (unpaired) electrons. The summed E-state index contributed by atoms with van der Waals surface area (Å²) in [5.74, 6) is -1.52. The van der Waals surface area contributed by atoms with Gasteiger partial charge in [0.05, 0.1) is 37.6 Å². The van der Waals surface area contributed by atoms with E-state index in [2.05, 4.69) is 4.98 Å². The number of Topliss-reactive ketones (excluding diaryl/α,β-unsaturated/α-hetero) is 1. The molecule has 198 valence electrons. The highest BCUT2D eigenvalue weighted by Gasteiger charge is 2.48. The highest BCUT2D eigenvalue weighted by atomic mass is 32.1. The van der Waals surface area contributed by atoms with Crippen LogP contribution in [0.4, 0.5) is 5.13 Å². The van der Waals surface area contributed by atoms with E-state index in [4.69, 9.17) is 14.2 Å². The van der Waals surface area contributed by atoms with E-state index < -0.39 is 23.7 Å². The van der Waals surface area contributed by atoms with Crippen LogP contribution in [0.3, 0.4) is 0 Å². The van der Waals surface area contributed by atoms with Gasteiger partial charge in [-0.15, -0.1) is 0 Å². The largest absolute Gasteiger partial charge is 0.507 e. The number of aryl methyl sites for hydroxylation is 1. The third kappa shape index (κ3) is 5.12. The molecule has 0 saturated carbocycles. The fourth-order valence-electron chi connectivity index (χ4n) is 4.13. The molecule has 1 unspecified atom stereocenters. The van der Waals surface area contributed by atoms with Gasteiger partial charge in [0, 0.05) is 5.56 Å². The molecule has 1 aromatic heterocycles. The van der Waals surface area contributed by atoms with Crippen molar-refractivity contribution in [2.45, 2.75) is 33.2 Å². The first-order valence-electron chi connectivity index (χ1n) is 12.1. The lowest BCUT2D eigenvalue weighted by Crippen LogP contribution is -2.29. The molecule has 9 nitrogen and oxygen atoms in total. The summed E-state index contributed by atoms with van der Waals surface area (Å²) in [5, 5.41) is 11.5. The summed E-state index contributed by atoms with van der Waals surface area (Å²) in [4.78, 5) is 44.9. The number of thiazole rings is 1. The van der Waals surface area contributed by atoms with Gasteiger partial charge in [-0.25, -0.2) is 9.78 Å². The summed E-state index contributed by atoms with van der Waals surface area (Å²) in [5.41, 5.74) is 1.16. The number of ketones is 1. The average molecular weight is 537 g/mol. The molecule has 0 spiro atoms. The van der Waals surface area contributed by atoms with E-state index >= 15 is 0 Å². The Morgan fingerprint density at radius 3 is 2.47 bits per heavy atom. The number of aliphatic hydroxyl groups is 1. The fourth-order valence-corrected chi connectivity index (χ4v) is 5.15. The Balaban J connectivity index is 1.88. The predicted octanol–water partition coefficient (Wildman–Crippen LogP) is 5.05. The van der Waals surface area contributed by atoms with Crippen molar-refractivity contribution in [3.8, 4) is 11.5 Å². The number of esters is 1. The van der Waals surface area contributed by atoms with Crippen LogP contribution >= 0.6 is 11.3 Å². The molecule has 0 aliphatic carbocycles. The maximum absolute atomic E-state index is 13.4. The minimum Gasteiger partial charge on any atom is -0.507 e. The zero-order valence-electron chi connectivity index (χ0n) is 21.5. The molecule has 10 heteroatoms. The van der Waals surface area contributed by atoms with Gasteiger partial charge in [-0.1, -0.05) is 42.5 Å². The van der Waals surface area contributed by atoms with Crippen LogP contribution < -0.4 is 14.4 Å². The first-order valence-corrected chi connectivity index (χ1v) is 12.9. The van der Waals surface area contributed by atoms with Gasteiger partial charge in [0.2, 0.25) is 0 Å². The normalized spacial score (nSPS) is 16.5. The molecule has 38 heavy (non-hydrogen) atoms. The van der Waals surface area contributed by atoms with Gasteiger partial charge in [-0.05, 0) is 50.1 Å². The molecular formula is C28H28N2O7S. The second-order valence-corrected chi connectivity index (χ2v) is 9.43. The zero-order valence-corrected chi connectivity index (χ0v) is 22.3. The van der Waals surface area contributed by atoms with E-state index in [1.807, 2.05) is 13.8 Å². The van der Waals surface area contributed by atoms with Gasteiger partial charge in [0.25, 0.3) is 5.78 Å². The Kier molecular flexibility index (Phi) is 8.11. The fraction of sp³-hybridized carbons (Fsp3) is 0.286. The van der Waals surface area contributed by atoms with E-state index in [1.54, 1.807) is 55.5 Å². The Hall–Kier alpha value is -4.18. The maximum atomic E-state index is 13.4. The summed E-state index contributed by atoms with van der Waals surface area (Å²) in [6, 6.07) is 12.6. The molecule has 1 aliphatic rings. The van der Waals surface area contributed by atoms with Crippen molar-refractivity contribution < 1.29 is 33.7 Å². The highest BCUT2D eigenvalue weighted by molar-refractivity contribution is 7.17. The van der Waals surface area contributed by atoms with Crippen molar-refractivity contribution in [3.63, 3.8) is 0 Å². The maximum Gasteiger partial charge on any atom is 0.350 e. The molecule has 1 amide bonds. The van der Waals surface area contributed by atoms with E-state index in [1.165, 1.54) is 12.0 Å². The van der Waals surface area contributed by atoms with Gasteiger partial charge in [-0.2, -0.15) is 0 Å². The lowest BCUT2D eigenvalue weighted by atomic mass is 9.95. The van der Waals surface area contributed by atoms with Crippen LogP contribution in [0.5, 0.6) is 11.5 Å². The van der Waals surface area contributed by atoms with Crippen LogP contribution in [-0.4, -0.2) is 48.1 Å². The summed E-state index contributed by atoms with van der Waals surface area (Å²) in [6.45, 7) is 6.44. The minimum atomic E-state index is -0.998. The number of ether oxygens (including phenoxy) is 3. The summed E-state index contributed by atoms with van der Waals surface area (Å²) in [7, 11) is 1.26. The van der Waals surface area contributed by atoms with Gasteiger partial charge in [-0.3, -0.25) is 14.5 Å². The Labute approximate surface area is 224 Å². The van der Waals surface area contributed by atoms with Crippen molar-refractivity contribution >= 4 is 39.9 Å². The number of hydrogen-bond donors (Lipinski definition) is 1. The first kappa shape index (κ1) is 26.9. The highest BCUT2D eigenvalue weighted by Crippen LogP contribution is 2.44. The second-order valence-electron chi connectivity index (χ2n) is 8.45. The van der Waals surface area contributed by atoms with Crippen molar-refractivity contribution in [2.24, 2.45) is 0 Å². The number of benzene rings is 2. The number of aromatic nitrogens is 1. The summed E-state index contributed by atoms with van der Waals surface area (Å²) in [6.07, 6.45) is 0.805. The molecular weight excluding hydrogens is 508 g/mol. The number of methoxy groups -OCH3 is 1. The SMILES string of the molecule is CCCOc1cccc(/C(O)=C2\C(=O)C(=O)N(c3nc(C)c(C(=O)OC)s3)C2c2ccc(OCC)cc2)c1. The lowest BCUT2D eigenvalue weighted by molar-refractivity contribution is -0.132. The quantitative estimate of drug-likeness (QED) is 0.175. The Morgan fingerprint density at radius 1 is 1.08 bits per heavy atom. The predicted molar refractivity (Wildman–Crippen MR) is 143 cm³/mol. The molecule has 4 rings (SSSR count).